The van der Waals surface area contributed by atoms with Crippen molar-refractivity contribution in [1.82, 2.24) is 25.2 Å². The maximum Gasteiger partial charge on any atom is 0.335 e. The van der Waals surface area contributed by atoms with Crippen molar-refractivity contribution < 1.29 is 19.4 Å². The molecule has 1 heterocycles. The minimum Gasteiger partial charge on any atom is -0.479 e. The van der Waals surface area contributed by atoms with E-state index in [1.54, 1.807) is 25.7 Å². The van der Waals surface area contributed by atoms with E-state index in [4.69, 9.17) is 4.74 Å². The summed E-state index contributed by atoms with van der Waals surface area (Å²) in [7, 11) is 1.62. The van der Waals surface area contributed by atoms with Crippen LogP contribution in [0.2, 0.25) is 0 Å². The van der Waals surface area contributed by atoms with E-state index in [9.17, 15) is 14.7 Å². The number of ether oxygens (including phenoxy) is 1. The van der Waals surface area contributed by atoms with Gasteiger partial charge in [-0.1, -0.05) is 35.9 Å². The van der Waals surface area contributed by atoms with Crippen LogP contribution in [0.3, 0.4) is 0 Å². The van der Waals surface area contributed by atoms with E-state index in [1.807, 2.05) is 74.2 Å². The average molecular weight is 494 g/mol. The summed E-state index contributed by atoms with van der Waals surface area (Å²) in [6.45, 7) is 9.98. The summed E-state index contributed by atoms with van der Waals surface area (Å²) in [5, 5.41) is 21.4. The molecule has 2 N–H and O–H groups in total. The van der Waals surface area contributed by atoms with Gasteiger partial charge in [0.25, 0.3) is 0 Å². The van der Waals surface area contributed by atoms with E-state index in [-0.39, 0.29) is 12.5 Å². The molecule has 36 heavy (non-hydrogen) atoms. The number of likely N-dealkylation sites (N-methyl/N-ethyl adjacent to an activating group) is 1. The van der Waals surface area contributed by atoms with Crippen molar-refractivity contribution in [2.24, 2.45) is 0 Å². The standard InChI is InChI=1S/C27H35N5O4/c1-18-12-21(14-19(2)24(13-18)36-27(4,5)26(34)35)15-31(17-25(33)28-6)16-23-20(3)29-32(30-23)22-10-8-7-9-11-22/h7-14,24H,15-17H2,1-6H3,(H,28,33)(H,34,35). The highest BCUT2D eigenvalue weighted by atomic mass is 16.5. The number of hydrogen-bond donors (Lipinski definition) is 2. The molecule has 0 aliphatic heterocycles. The zero-order valence-electron chi connectivity index (χ0n) is 21.8. The highest BCUT2D eigenvalue weighted by Gasteiger charge is 2.32. The van der Waals surface area contributed by atoms with Gasteiger partial charge in [0.1, 0.15) is 5.69 Å². The third-order valence-corrected chi connectivity index (χ3v) is 5.92. The topological polar surface area (TPSA) is 110 Å². The average Bonchev–Trinajstić information content (AvgIpc) is 3.12. The molecular formula is C27H35N5O4. The quantitative estimate of drug-likeness (QED) is 0.523. The lowest BCUT2D eigenvalue weighted by atomic mass is 10.1. The maximum absolute atomic E-state index is 12.3. The Kier molecular flexibility index (Phi) is 8.60. The van der Waals surface area contributed by atoms with Crippen LogP contribution in [0.4, 0.5) is 0 Å². The summed E-state index contributed by atoms with van der Waals surface area (Å²) >= 11 is 0. The van der Waals surface area contributed by atoms with E-state index in [1.165, 1.54) is 0 Å². The summed E-state index contributed by atoms with van der Waals surface area (Å²) < 4.78 is 5.92. The van der Waals surface area contributed by atoms with Crippen LogP contribution in [0.5, 0.6) is 0 Å². The Bertz CT molecular complexity index is 1190. The van der Waals surface area contributed by atoms with E-state index in [0.29, 0.717) is 13.1 Å². The molecule has 0 saturated carbocycles. The number of carbonyl (C=O) groups excluding carboxylic acids is 1. The van der Waals surface area contributed by atoms with Crippen molar-refractivity contribution in [1.29, 1.82) is 0 Å². The first-order valence-electron chi connectivity index (χ1n) is 11.9. The molecule has 0 spiro atoms. The number of carbonyl (C=O) groups is 2. The highest BCUT2D eigenvalue weighted by Crippen LogP contribution is 2.25. The molecular weight excluding hydrogens is 458 g/mol. The van der Waals surface area contributed by atoms with Gasteiger partial charge in [-0.2, -0.15) is 15.0 Å². The lowest BCUT2D eigenvalue weighted by molar-refractivity contribution is -0.163. The summed E-state index contributed by atoms with van der Waals surface area (Å²) in [6.07, 6.45) is 5.48. The molecule has 0 radical (unpaired) electrons. The molecule has 192 valence electrons. The molecule has 0 saturated heterocycles. The van der Waals surface area contributed by atoms with Gasteiger partial charge in [-0.25, -0.2) is 4.79 Å². The van der Waals surface area contributed by atoms with Gasteiger partial charge >= 0.3 is 5.97 Å². The smallest absolute Gasteiger partial charge is 0.335 e. The van der Waals surface area contributed by atoms with E-state index in [0.717, 1.165) is 33.8 Å². The van der Waals surface area contributed by atoms with Gasteiger partial charge in [-0.15, -0.1) is 0 Å². The summed E-state index contributed by atoms with van der Waals surface area (Å²) in [5.74, 6) is -1.12. The Morgan fingerprint density at radius 2 is 1.81 bits per heavy atom. The number of aliphatic carboxylic acids is 1. The normalized spacial score (nSPS) is 16.2. The zero-order valence-corrected chi connectivity index (χ0v) is 21.8. The number of aromatic nitrogens is 3. The number of para-hydroxylation sites is 1. The first kappa shape index (κ1) is 27.0. The number of amides is 1. The number of nitrogens with one attached hydrogen (secondary N) is 1. The predicted octanol–water partition coefficient (Wildman–Crippen LogP) is 3.20. The number of benzene rings is 1. The van der Waals surface area contributed by atoms with Crippen molar-refractivity contribution in [2.75, 3.05) is 20.1 Å². The molecule has 1 amide bonds. The second-order valence-corrected chi connectivity index (χ2v) is 9.55. The van der Waals surface area contributed by atoms with Crippen LogP contribution in [-0.2, 0) is 20.9 Å². The summed E-state index contributed by atoms with van der Waals surface area (Å²) in [6, 6.07) is 9.69. The van der Waals surface area contributed by atoms with E-state index < -0.39 is 17.7 Å². The number of rotatable bonds is 10. The summed E-state index contributed by atoms with van der Waals surface area (Å²) in [4.78, 5) is 27.5. The number of aryl methyl sites for hydroxylation is 1. The second kappa shape index (κ2) is 11.5. The molecule has 1 atom stereocenters. The van der Waals surface area contributed by atoms with Crippen molar-refractivity contribution in [3.63, 3.8) is 0 Å². The van der Waals surface area contributed by atoms with Crippen LogP contribution >= 0.6 is 0 Å². The van der Waals surface area contributed by atoms with E-state index in [2.05, 4.69) is 15.5 Å². The van der Waals surface area contributed by atoms with Gasteiger partial charge in [-0.05, 0) is 64.0 Å². The molecule has 0 bridgehead atoms. The number of carboxylic acid groups (broad SMARTS) is 1. The monoisotopic (exact) mass is 493 g/mol. The third kappa shape index (κ3) is 6.99. The summed E-state index contributed by atoms with van der Waals surface area (Å²) in [5.41, 5.74) is 3.95. The lowest BCUT2D eigenvalue weighted by Gasteiger charge is -2.26. The first-order chi connectivity index (χ1) is 17.0. The number of allylic oxidation sites excluding steroid dienone is 2. The number of nitrogens with zero attached hydrogens (tertiary/aromatic N) is 4. The molecule has 9 nitrogen and oxygen atoms in total. The van der Waals surface area contributed by atoms with Crippen molar-refractivity contribution in [3.05, 3.63) is 76.7 Å². The molecule has 0 fully saturated rings. The molecule has 2 aromatic rings. The molecule has 1 aliphatic carbocycles. The van der Waals surface area contributed by atoms with Gasteiger partial charge in [0.15, 0.2) is 5.60 Å². The molecule has 1 aromatic carbocycles. The van der Waals surface area contributed by atoms with Gasteiger partial charge in [0.2, 0.25) is 5.91 Å². The van der Waals surface area contributed by atoms with Gasteiger partial charge in [0.05, 0.1) is 24.0 Å². The largest absolute Gasteiger partial charge is 0.479 e. The number of hydrogen-bond acceptors (Lipinski definition) is 6. The Morgan fingerprint density at radius 1 is 1.11 bits per heavy atom. The van der Waals surface area contributed by atoms with Gasteiger partial charge in [0, 0.05) is 20.1 Å². The van der Waals surface area contributed by atoms with Gasteiger partial charge < -0.3 is 15.2 Å². The number of carboxylic acids is 1. The van der Waals surface area contributed by atoms with Crippen LogP contribution in [0.25, 0.3) is 5.69 Å². The minimum absolute atomic E-state index is 0.102. The van der Waals surface area contributed by atoms with Crippen LogP contribution in [-0.4, -0.2) is 68.7 Å². The van der Waals surface area contributed by atoms with Crippen molar-refractivity contribution in [3.8, 4) is 5.69 Å². The van der Waals surface area contributed by atoms with Gasteiger partial charge in [-0.3, -0.25) is 9.69 Å². The fourth-order valence-corrected chi connectivity index (χ4v) is 3.86. The minimum atomic E-state index is -1.32. The first-order valence-corrected chi connectivity index (χ1v) is 11.9. The Labute approximate surface area is 212 Å². The molecule has 1 unspecified atom stereocenters. The van der Waals surface area contributed by atoms with Crippen LogP contribution in [0.1, 0.15) is 39.1 Å². The van der Waals surface area contributed by atoms with Crippen LogP contribution in [0.15, 0.2) is 65.3 Å². The highest BCUT2D eigenvalue weighted by molar-refractivity contribution is 5.77. The lowest BCUT2D eigenvalue weighted by Crippen LogP contribution is -2.38. The fourth-order valence-electron chi connectivity index (χ4n) is 3.86. The molecule has 1 aromatic heterocycles. The second-order valence-electron chi connectivity index (χ2n) is 9.55. The SMILES string of the molecule is CNC(=O)CN(CC1=CC(C)=CC(OC(C)(C)C(=O)O)C(C)=C1)Cc1nn(-c2ccccc2)nc1C. The van der Waals surface area contributed by atoms with Crippen molar-refractivity contribution in [2.45, 2.75) is 52.9 Å². The van der Waals surface area contributed by atoms with Crippen molar-refractivity contribution >= 4 is 11.9 Å². The Balaban J connectivity index is 1.83. The van der Waals surface area contributed by atoms with Crippen LogP contribution < -0.4 is 5.32 Å². The fraction of sp³-hybridized carbons (Fsp3) is 0.407. The predicted molar refractivity (Wildman–Crippen MR) is 138 cm³/mol. The Hall–Kier alpha value is -3.56. The molecule has 1 aliphatic rings. The molecule has 9 heteroatoms. The van der Waals surface area contributed by atoms with E-state index >= 15 is 0 Å². The zero-order chi connectivity index (χ0) is 26.5. The molecule has 3 rings (SSSR count). The third-order valence-electron chi connectivity index (χ3n) is 5.92. The maximum atomic E-state index is 12.3. The van der Waals surface area contributed by atoms with Crippen LogP contribution in [0, 0.1) is 6.92 Å². The Morgan fingerprint density at radius 3 is 2.44 bits per heavy atom.